The number of rotatable bonds is 5. The van der Waals surface area contributed by atoms with Crippen LogP contribution in [0.1, 0.15) is 18.4 Å². The number of hydrogen-bond donors (Lipinski definition) is 1. The van der Waals surface area contributed by atoms with Gasteiger partial charge < -0.3 is 15.0 Å². The Bertz CT molecular complexity index is 1020. The number of hydrogen-bond acceptors (Lipinski definition) is 5. The molecule has 1 aliphatic rings. The topological polar surface area (TPSA) is 67.3 Å². The molecule has 1 saturated heterocycles. The van der Waals surface area contributed by atoms with Crippen LogP contribution in [-0.2, 0) is 11.2 Å². The van der Waals surface area contributed by atoms with Crippen molar-refractivity contribution in [3.8, 4) is 5.75 Å². The Morgan fingerprint density at radius 1 is 1.18 bits per heavy atom. The molecule has 1 amide bonds. The first-order valence-corrected chi connectivity index (χ1v) is 9.64. The molecule has 0 radical (unpaired) electrons. The fourth-order valence-corrected chi connectivity index (χ4v) is 3.72. The summed E-state index contributed by atoms with van der Waals surface area (Å²) in [5, 5.41) is 4.41. The lowest BCUT2D eigenvalue weighted by Gasteiger charge is -2.18. The fraction of sp³-hybridized carbons (Fsp3) is 0.286. The summed E-state index contributed by atoms with van der Waals surface area (Å²) < 4.78 is 5.14. The number of benzene rings is 2. The van der Waals surface area contributed by atoms with Crippen molar-refractivity contribution in [2.75, 3.05) is 30.4 Å². The summed E-state index contributed by atoms with van der Waals surface area (Å²) in [4.78, 5) is 23.6. The van der Waals surface area contributed by atoms with Crippen LogP contribution in [0.25, 0.3) is 10.9 Å². The van der Waals surface area contributed by atoms with E-state index in [4.69, 9.17) is 16.3 Å². The van der Waals surface area contributed by atoms with E-state index in [1.54, 1.807) is 31.6 Å². The largest absolute Gasteiger partial charge is 0.497 e. The summed E-state index contributed by atoms with van der Waals surface area (Å²) in [6.45, 7) is 2.00. The highest BCUT2D eigenvalue weighted by Gasteiger charge is 2.17. The summed E-state index contributed by atoms with van der Waals surface area (Å²) in [6.07, 6.45) is 4.13. The molecule has 0 saturated carbocycles. The molecule has 0 bridgehead atoms. The lowest BCUT2D eigenvalue weighted by atomic mass is 10.1. The van der Waals surface area contributed by atoms with E-state index in [9.17, 15) is 4.79 Å². The molecular formula is C21H21ClN4O2. The molecule has 3 aromatic rings. The van der Waals surface area contributed by atoms with Gasteiger partial charge in [0.1, 0.15) is 17.9 Å². The van der Waals surface area contributed by atoms with Crippen LogP contribution < -0.4 is 15.0 Å². The van der Waals surface area contributed by atoms with Gasteiger partial charge in [0.15, 0.2) is 0 Å². The first-order valence-electron chi connectivity index (χ1n) is 9.26. The number of anilines is 2. The maximum absolute atomic E-state index is 12.5. The average molecular weight is 397 g/mol. The zero-order valence-corrected chi connectivity index (χ0v) is 16.4. The van der Waals surface area contributed by atoms with Crippen LogP contribution in [0, 0.1) is 0 Å². The molecule has 0 unspecified atom stereocenters. The van der Waals surface area contributed by atoms with E-state index < -0.39 is 0 Å². The zero-order valence-electron chi connectivity index (χ0n) is 15.6. The molecule has 144 valence electrons. The molecule has 1 fully saturated rings. The molecule has 1 aliphatic heterocycles. The highest BCUT2D eigenvalue weighted by atomic mass is 35.5. The van der Waals surface area contributed by atoms with Gasteiger partial charge in [0, 0.05) is 29.2 Å². The van der Waals surface area contributed by atoms with Gasteiger partial charge in [0.05, 0.1) is 19.0 Å². The quantitative estimate of drug-likeness (QED) is 0.704. The molecular weight excluding hydrogens is 376 g/mol. The van der Waals surface area contributed by atoms with Crippen LogP contribution in [0.5, 0.6) is 5.75 Å². The first kappa shape index (κ1) is 18.5. The van der Waals surface area contributed by atoms with E-state index in [0.29, 0.717) is 10.8 Å². The van der Waals surface area contributed by atoms with Crippen LogP contribution in [0.4, 0.5) is 11.5 Å². The Morgan fingerprint density at radius 2 is 2.00 bits per heavy atom. The number of carbonyl (C=O) groups excluding carboxylic acids is 1. The van der Waals surface area contributed by atoms with Crippen LogP contribution in [0.2, 0.25) is 5.02 Å². The molecule has 1 N–H and O–H groups in total. The van der Waals surface area contributed by atoms with Crippen molar-refractivity contribution in [2.24, 2.45) is 0 Å². The highest BCUT2D eigenvalue weighted by molar-refractivity contribution is 6.31. The summed E-state index contributed by atoms with van der Waals surface area (Å²) in [6, 6.07) is 11.0. The smallest absolute Gasteiger partial charge is 0.228 e. The van der Waals surface area contributed by atoms with E-state index in [-0.39, 0.29) is 12.3 Å². The van der Waals surface area contributed by atoms with E-state index in [1.165, 1.54) is 12.8 Å². The normalized spacial score (nSPS) is 13.7. The van der Waals surface area contributed by atoms with Crippen molar-refractivity contribution < 1.29 is 9.53 Å². The Kier molecular flexibility index (Phi) is 5.30. The molecule has 7 heteroatoms. The zero-order chi connectivity index (χ0) is 19.5. The van der Waals surface area contributed by atoms with Gasteiger partial charge in [-0.15, -0.1) is 0 Å². The van der Waals surface area contributed by atoms with Crippen molar-refractivity contribution in [3.63, 3.8) is 0 Å². The lowest BCUT2D eigenvalue weighted by molar-refractivity contribution is -0.115. The monoisotopic (exact) mass is 396 g/mol. The van der Waals surface area contributed by atoms with E-state index in [2.05, 4.69) is 20.2 Å². The number of amides is 1. The Hall–Kier alpha value is -2.86. The van der Waals surface area contributed by atoms with Crippen molar-refractivity contribution >= 4 is 39.9 Å². The number of aromatic nitrogens is 2. The van der Waals surface area contributed by atoms with Crippen LogP contribution in [-0.4, -0.2) is 36.1 Å². The molecule has 4 rings (SSSR count). The molecule has 1 aromatic heterocycles. The van der Waals surface area contributed by atoms with Gasteiger partial charge in [-0.2, -0.15) is 0 Å². The Labute approximate surface area is 168 Å². The summed E-state index contributed by atoms with van der Waals surface area (Å²) >= 11 is 6.24. The predicted molar refractivity (Wildman–Crippen MR) is 111 cm³/mol. The lowest BCUT2D eigenvalue weighted by Crippen LogP contribution is -2.19. The number of carbonyl (C=O) groups is 1. The Balaban J connectivity index is 1.54. The third-order valence-electron chi connectivity index (χ3n) is 4.91. The number of nitrogens with zero attached hydrogens (tertiary/aromatic N) is 3. The fourth-order valence-electron chi connectivity index (χ4n) is 3.48. The standard InChI is InChI=1S/C21H21ClN4O2/c1-28-16-6-4-14(18(22)12-16)10-20(27)25-15-5-7-19-17(11-15)21(24-13-23-19)26-8-2-3-9-26/h4-7,11-13H,2-3,8-10H2,1H3,(H,25,27). The van der Waals surface area contributed by atoms with Gasteiger partial charge in [0.25, 0.3) is 0 Å². The molecule has 6 nitrogen and oxygen atoms in total. The maximum Gasteiger partial charge on any atom is 0.228 e. The predicted octanol–water partition coefficient (Wildman–Crippen LogP) is 4.07. The average Bonchev–Trinajstić information content (AvgIpc) is 3.23. The van der Waals surface area contributed by atoms with E-state index in [1.807, 2.05) is 18.2 Å². The number of halogens is 1. The number of nitrogens with one attached hydrogen (secondary N) is 1. The second kappa shape index (κ2) is 8.02. The minimum absolute atomic E-state index is 0.133. The minimum Gasteiger partial charge on any atom is -0.497 e. The van der Waals surface area contributed by atoms with E-state index >= 15 is 0 Å². The summed E-state index contributed by atoms with van der Waals surface area (Å²) in [5.74, 6) is 1.46. The molecule has 2 heterocycles. The SMILES string of the molecule is COc1ccc(CC(=O)Nc2ccc3ncnc(N4CCCC4)c3c2)c(Cl)c1. The van der Waals surface area contributed by atoms with Gasteiger partial charge in [0.2, 0.25) is 5.91 Å². The van der Waals surface area contributed by atoms with Crippen molar-refractivity contribution in [1.29, 1.82) is 0 Å². The molecule has 2 aromatic carbocycles. The third kappa shape index (κ3) is 3.87. The highest BCUT2D eigenvalue weighted by Crippen LogP contribution is 2.28. The van der Waals surface area contributed by atoms with Crippen molar-refractivity contribution in [2.45, 2.75) is 19.3 Å². The summed E-state index contributed by atoms with van der Waals surface area (Å²) in [5.41, 5.74) is 2.34. The van der Waals surface area contributed by atoms with Gasteiger partial charge in [-0.05, 0) is 48.7 Å². The third-order valence-corrected chi connectivity index (χ3v) is 5.27. The van der Waals surface area contributed by atoms with Gasteiger partial charge >= 0.3 is 0 Å². The van der Waals surface area contributed by atoms with Gasteiger partial charge in [-0.1, -0.05) is 17.7 Å². The number of methoxy groups -OCH3 is 1. The Morgan fingerprint density at radius 3 is 2.75 bits per heavy atom. The van der Waals surface area contributed by atoms with Crippen LogP contribution >= 0.6 is 11.6 Å². The van der Waals surface area contributed by atoms with Crippen molar-refractivity contribution in [1.82, 2.24) is 9.97 Å². The van der Waals surface area contributed by atoms with E-state index in [0.717, 1.165) is 41.1 Å². The van der Waals surface area contributed by atoms with Crippen molar-refractivity contribution in [3.05, 3.63) is 53.3 Å². The number of ether oxygens (including phenoxy) is 1. The van der Waals surface area contributed by atoms with Crippen LogP contribution in [0.15, 0.2) is 42.7 Å². The first-order chi connectivity index (χ1) is 13.6. The molecule has 28 heavy (non-hydrogen) atoms. The van der Waals surface area contributed by atoms with Gasteiger partial charge in [-0.25, -0.2) is 9.97 Å². The maximum atomic E-state index is 12.5. The molecule has 0 aliphatic carbocycles. The molecule has 0 spiro atoms. The van der Waals surface area contributed by atoms with Gasteiger partial charge in [-0.3, -0.25) is 4.79 Å². The number of fused-ring (bicyclic) bond motifs is 1. The minimum atomic E-state index is -0.133. The second-order valence-electron chi connectivity index (χ2n) is 6.81. The summed E-state index contributed by atoms with van der Waals surface area (Å²) in [7, 11) is 1.58. The second-order valence-corrected chi connectivity index (χ2v) is 7.21. The molecule has 0 atom stereocenters. The van der Waals surface area contributed by atoms with Crippen LogP contribution in [0.3, 0.4) is 0 Å².